The van der Waals surface area contributed by atoms with Gasteiger partial charge in [-0.15, -0.1) is 10.2 Å². The van der Waals surface area contributed by atoms with E-state index in [9.17, 15) is 0 Å². The van der Waals surface area contributed by atoms with Crippen molar-refractivity contribution in [2.45, 2.75) is 70.9 Å². The van der Waals surface area contributed by atoms with Crippen LogP contribution in [0.5, 0.6) is 0 Å². The van der Waals surface area contributed by atoms with Gasteiger partial charge in [0, 0.05) is 6.04 Å². The lowest BCUT2D eigenvalue weighted by Crippen LogP contribution is -2.22. The summed E-state index contributed by atoms with van der Waals surface area (Å²) in [4.78, 5) is 0. The van der Waals surface area contributed by atoms with Crippen molar-refractivity contribution >= 4 is 0 Å². The normalized spacial score (nSPS) is 19.5. The molecule has 1 aromatic rings. The number of hydrogen-bond acceptors (Lipinski definition) is 3. The third kappa shape index (κ3) is 2.68. The summed E-state index contributed by atoms with van der Waals surface area (Å²) in [7, 11) is 0. The predicted octanol–water partition coefficient (Wildman–Crippen LogP) is 2.89. The van der Waals surface area contributed by atoms with Gasteiger partial charge >= 0.3 is 0 Å². The van der Waals surface area contributed by atoms with E-state index in [1.54, 1.807) is 0 Å². The molecule has 0 radical (unpaired) electrons. The topological polar surface area (TPSA) is 56.7 Å². The molecule has 2 N–H and O–H groups in total. The van der Waals surface area contributed by atoms with Crippen molar-refractivity contribution in [3.8, 4) is 0 Å². The molecule has 1 aliphatic carbocycles. The zero-order valence-corrected chi connectivity index (χ0v) is 11.0. The van der Waals surface area contributed by atoms with Crippen molar-refractivity contribution in [2.24, 2.45) is 5.73 Å². The zero-order valence-electron chi connectivity index (χ0n) is 11.0. The van der Waals surface area contributed by atoms with Gasteiger partial charge in [-0.2, -0.15) is 0 Å². The van der Waals surface area contributed by atoms with Gasteiger partial charge in [0.2, 0.25) is 0 Å². The minimum Gasteiger partial charge on any atom is -0.321 e. The molecule has 4 heteroatoms. The smallest absolute Gasteiger partial charge is 0.150 e. The van der Waals surface area contributed by atoms with Gasteiger partial charge in [0.1, 0.15) is 11.6 Å². The van der Waals surface area contributed by atoms with E-state index >= 15 is 0 Å². The van der Waals surface area contributed by atoms with Crippen molar-refractivity contribution in [2.75, 3.05) is 0 Å². The van der Waals surface area contributed by atoms with E-state index in [0.29, 0.717) is 6.04 Å². The van der Waals surface area contributed by atoms with Gasteiger partial charge in [0.05, 0.1) is 6.04 Å². The third-order valence-electron chi connectivity index (χ3n) is 3.76. The lowest BCUT2D eigenvalue weighted by Gasteiger charge is -2.26. The average molecular weight is 236 g/mol. The van der Waals surface area contributed by atoms with Gasteiger partial charge in [-0.25, -0.2) is 0 Å². The number of aryl methyl sites for hydroxylation is 1. The monoisotopic (exact) mass is 236 g/mol. The van der Waals surface area contributed by atoms with Gasteiger partial charge < -0.3 is 10.3 Å². The minimum absolute atomic E-state index is 0.0446. The molecule has 0 bridgehead atoms. The largest absolute Gasteiger partial charge is 0.321 e. The summed E-state index contributed by atoms with van der Waals surface area (Å²) in [5.41, 5.74) is 6.20. The highest BCUT2D eigenvalue weighted by Gasteiger charge is 2.23. The van der Waals surface area contributed by atoms with E-state index in [4.69, 9.17) is 5.73 Å². The van der Waals surface area contributed by atoms with Gasteiger partial charge in [0.15, 0.2) is 0 Å². The van der Waals surface area contributed by atoms with Crippen LogP contribution in [0.4, 0.5) is 0 Å². The van der Waals surface area contributed by atoms with E-state index in [1.165, 1.54) is 32.1 Å². The van der Waals surface area contributed by atoms with E-state index in [2.05, 4.69) is 21.7 Å². The molecule has 0 saturated heterocycles. The molecule has 0 amide bonds. The molecule has 1 atom stereocenters. The summed E-state index contributed by atoms with van der Waals surface area (Å²) >= 11 is 0. The highest BCUT2D eigenvalue weighted by molar-refractivity contribution is 5.02. The molecule has 17 heavy (non-hydrogen) atoms. The van der Waals surface area contributed by atoms with Crippen LogP contribution in [0, 0.1) is 6.92 Å². The minimum atomic E-state index is 0.0446. The Bertz CT molecular complexity index is 352. The molecule has 1 aliphatic rings. The molecule has 4 nitrogen and oxygen atoms in total. The Hall–Kier alpha value is -0.900. The van der Waals surface area contributed by atoms with Crippen molar-refractivity contribution in [1.82, 2.24) is 14.8 Å². The number of hydrogen-bond donors (Lipinski definition) is 1. The van der Waals surface area contributed by atoms with E-state index < -0.39 is 0 Å². The summed E-state index contributed by atoms with van der Waals surface area (Å²) < 4.78 is 2.31. The molecule has 0 spiro atoms. The Labute approximate surface area is 104 Å². The van der Waals surface area contributed by atoms with Crippen LogP contribution in [-0.2, 0) is 0 Å². The van der Waals surface area contributed by atoms with Crippen LogP contribution < -0.4 is 5.73 Å². The summed E-state index contributed by atoms with van der Waals surface area (Å²) in [5.74, 6) is 2.02. The summed E-state index contributed by atoms with van der Waals surface area (Å²) in [6.07, 6.45) is 8.61. The first kappa shape index (κ1) is 12.6. The predicted molar refractivity (Wildman–Crippen MR) is 68.7 cm³/mol. The van der Waals surface area contributed by atoms with Crippen molar-refractivity contribution in [3.05, 3.63) is 11.6 Å². The molecule has 96 valence electrons. The Morgan fingerprint density at radius 1 is 1.29 bits per heavy atom. The summed E-state index contributed by atoms with van der Waals surface area (Å²) in [5, 5.41) is 8.53. The van der Waals surface area contributed by atoms with Gasteiger partial charge in [-0.1, -0.05) is 32.6 Å². The highest BCUT2D eigenvalue weighted by atomic mass is 15.3. The Morgan fingerprint density at radius 2 is 2.00 bits per heavy atom. The van der Waals surface area contributed by atoms with Gasteiger partial charge in [-0.3, -0.25) is 0 Å². The fourth-order valence-electron chi connectivity index (χ4n) is 2.87. The van der Waals surface area contributed by atoms with Crippen LogP contribution in [0.2, 0.25) is 0 Å². The maximum atomic E-state index is 6.20. The third-order valence-corrected chi connectivity index (χ3v) is 3.76. The van der Waals surface area contributed by atoms with Crippen LogP contribution >= 0.6 is 0 Å². The van der Waals surface area contributed by atoms with E-state index in [-0.39, 0.29) is 6.04 Å². The van der Waals surface area contributed by atoms with Gasteiger partial charge in [0.25, 0.3) is 0 Å². The Morgan fingerprint density at radius 3 is 2.65 bits per heavy atom. The van der Waals surface area contributed by atoms with E-state index in [0.717, 1.165) is 24.5 Å². The first-order chi connectivity index (χ1) is 8.24. The second-order valence-corrected chi connectivity index (χ2v) is 5.16. The quantitative estimate of drug-likeness (QED) is 0.874. The standard InChI is InChI=1S/C13H24N4/c1-3-7-12(14)13-16-15-10(2)17(13)11-8-5-4-6-9-11/h11-12H,3-9,14H2,1-2H3. The van der Waals surface area contributed by atoms with Crippen LogP contribution in [0.25, 0.3) is 0 Å². The van der Waals surface area contributed by atoms with Crippen molar-refractivity contribution in [1.29, 1.82) is 0 Å². The molecule has 2 rings (SSSR count). The van der Waals surface area contributed by atoms with Crippen molar-refractivity contribution in [3.63, 3.8) is 0 Å². The summed E-state index contributed by atoms with van der Waals surface area (Å²) in [6.45, 7) is 4.21. The fraction of sp³-hybridized carbons (Fsp3) is 0.846. The molecule has 0 aromatic carbocycles. The van der Waals surface area contributed by atoms with Crippen LogP contribution in [0.3, 0.4) is 0 Å². The molecule has 0 aliphatic heterocycles. The maximum absolute atomic E-state index is 6.20. The molecular formula is C13H24N4. The zero-order chi connectivity index (χ0) is 12.3. The number of nitrogens with two attached hydrogens (primary N) is 1. The highest BCUT2D eigenvalue weighted by Crippen LogP contribution is 2.31. The lowest BCUT2D eigenvalue weighted by atomic mass is 9.95. The van der Waals surface area contributed by atoms with Crippen molar-refractivity contribution < 1.29 is 0 Å². The Kier molecular flexibility index (Phi) is 4.15. The van der Waals surface area contributed by atoms with Crippen LogP contribution in [0.1, 0.15) is 75.6 Å². The lowest BCUT2D eigenvalue weighted by molar-refractivity contribution is 0.334. The average Bonchev–Trinajstić information content (AvgIpc) is 2.73. The number of aromatic nitrogens is 3. The molecule has 1 saturated carbocycles. The SMILES string of the molecule is CCCC(N)c1nnc(C)n1C1CCCCC1. The molecular weight excluding hydrogens is 212 g/mol. The maximum Gasteiger partial charge on any atom is 0.150 e. The number of nitrogens with zero attached hydrogens (tertiary/aromatic N) is 3. The van der Waals surface area contributed by atoms with Gasteiger partial charge in [-0.05, 0) is 26.2 Å². The second kappa shape index (κ2) is 5.63. The Balaban J connectivity index is 2.21. The molecule has 1 unspecified atom stereocenters. The van der Waals surface area contributed by atoms with Crippen LogP contribution in [-0.4, -0.2) is 14.8 Å². The second-order valence-electron chi connectivity index (χ2n) is 5.16. The number of rotatable bonds is 4. The van der Waals surface area contributed by atoms with E-state index in [1.807, 2.05) is 6.92 Å². The molecule has 1 fully saturated rings. The first-order valence-corrected chi connectivity index (χ1v) is 6.91. The molecule has 1 aromatic heterocycles. The summed E-state index contributed by atoms with van der Waals surface area (Å²) in [6, 6.07) is 0.625. The first-order valence-electron chi connectivity index (χ1n) is 6.91. The molecule has 1 heterocycles. The fourth-order valence-corrected chi connectivity index (χ4v) is 2.87. The van der Waals surface area contributed by atoms with Crippen LogP contribution in [0.15, 0.2) is 0 Å².